The molecule has 1 amide bonds. The molecule has 1 aromatic rings. The third-order valence-corrected chi connectivity index (χ3v) is 3.94. The first-order chi connectivity index (χ1) is 9.95. The molecule has 4 nitrogen and oxygen atoms in total. The van der Waals surface area contributed by atoms with Gasteiger partial charge in [0, 0.05) is 35.8 Å². The van der Waals surface area contributed by atoms with E-state index in [0.717, 1.165) is 16.7 Å². The summed E-state index contributed by atoms with van der Waals surface area (Å²) in [4.78, 5) is 13.9. The van der Waals surface area contributed by atoms with Gasteiger partial charge < -0.3 is 15.5 Å². The smallest absolute Gasteiger partial charge is 0.239 e. The lowest BCUT2D eigenvalue weighted by molar-refractivity contribution is -0.120. The number of hydrogen-bond acceptors (Lipinski definition) is 3. The molecule has 0 unspecified atom stereocenters. The number of amides is 1. The molecule has 0 radical (unpaired) electrons. The molecule has 2 N–H and O–H groups in total. The molecule has 2 rings (SSSR count). The summed E-state index contributed by atoms with van der Waals surface area (Å²) in [5, 5.41) is 6.46. The molecule has 1 aliphatic carbocycles. The van der Waals surface area contributed by atoms with Crippen molar-refractivity contribution in [2.24, 2.45) is 0 Å². The zero-order chi connectivity index (χ0) is 15.4. The fourth-order valence-electron chi connectivity index (χ4n) is 2.25. The lowest BCUT2D eigenvalue weighted by atomic mass is 10.1. The van der Waals surface area contributed by atoms with Crippen molar-refractivity contribution < 1.29 is 4.79 Å². The summed E-state index contributed by atoms with van der Waals surface area (Å²) in [6.07, 6.45) is 2.55. The Labute approximate surface area is 135 Å². The van der Waals surface area contributed by atoms with Crippen molar-refractivity contribution >= 4 is 27.5 Å². The van der Waals surface area contributed by atoms with Crippen molar-refractivity contribution in [3.63, 3.8) is 0 Å². The zero-order valence-electron chi connectivity index (χ0n) is 12.9. The lowest BCUT2D eigenvalue weighted by Gasteiger charge is -2.23. The molecule has 1 aromatic carbocycles. The minimum Gasteiger partial charge on any atom is -0.365 e. The molecule has 0 atom stereocenters. The Balaban J connectivity index is 2.04. The van der Waals surface area contributed by atoms with E-state index in [-0.39, 0.29) is 11.9 Å². The Hall–Kier alpha value is -1.07. The number of halogens is 1. The molecule has 0 aromatic heterocycles. The number of anilines is 1. The van der Waals surface area contributed by atoms with Gasteiger partial charge >= 0.3 is 0 Å². The molecule has 21 heavy (non-hydrogen) atoms. The first-order valence-electron chi connectivity index (χ1n) is 7.48. The van der Waals surface area contributed by atoms with Gasteiger partial charge in [0.1, 0.15) is 0 Å². The minimum absolute atomic E-state index is 0.0496. The number of benzene rings is 1. The Kier molecular flexibility index (Phi) is 5.65. The highest BCUT2D eigenvalue weighted by atomic mass is 79.9. The first-order valence-corrected chi connectivity index (χ1v) is 8.27. The molecule has 5 heteroatoms. The second-order valence-corrected chi connectivity index (χ2v) is 6.92. The fourth-order valence-corrected chi connectivity index (χ4v) is 2.60. The second-order valence-electron chi connectivity index (χ2n) is 6.01. The average Bonchev–Trinajstić information content (AvgIpc) is 3.20. The summed E-state index contributed by atoms with van der Waals surface area (Å²) < 4.78 is 1.03. The molecule has 0 aliphatic heterocycles. The van der Waals surface area contributed by atoms with E-state index in [2.05, 4.69) is 44.8 Å². The van der Waals surface area contributed by atoms with Crippen LogP contribution in [0.4, 0.5) is 5.69 Å². The molecular weight excluding hydrogens is 330 g/mol. The monoisotopic (exact) mass is 353 g/mol. The highest BCUT2D eigenvalue weighted by Gasteiger charge is 2.21. The molecular formula is C16H24BrN3O. The Morgan fingerprint density at radius 1 is 1.43 bits per heavy atom. The predicted octanol–water partition coefficient (Wildman–Crippen LogP) is 2.66. The molecule has 1 aliphatic rings. The van der Waals surface area contributed by atoms with Gasteiger partial charge in [0.25, 0.3) is 0 Å². The number of carbonyl (C=O) groups is 1. The van der Waals surface area contributed by atoms with E-state index in [1.807, 2.05) is 25.8 Å². The maximum absolute atomic E-state index is 11.9. The fraction of sp³-hybridized carbons (Fsp3) is 0.562. The average molecular weight is 354 g/mol. The molecule has 0 spiro atoms. The summed E-state index contributed by atoms with van der Waals surface area (Å²) in [6, 6.07) is 7.09. The van der Waals surface area contributed by atoms with Gasteiger partial charge in [-0.1, -0.05) is 22.0 Å². The SMILES string of the molecule is CC(C)NC(=O)CN(C)c1cc(Br)ccc1CNC1CC1. The van der Waals surface area contributed by atoms with Crippen LogP contribution in [0, 0.1) is 0 Å². The van der Waals surface area contributed by atoms with Crippen LogP contribution < -0.4 is 15.5 Å². The predicted molar refractivity (Wildman–Crippen MR) is 90.6 cm³/mol. The quantitative estimate of drug-likeness (QED) is 0.791. The van der Waals surface area contributed by atoms with Crippen molar-refractivity contribution in [3.05, 3.63) is 28.2 Å². The van der Waals surface area contributed by atoms with Gasteiger partial charge in [0.05, 0.1) is 6.54 Å². The van der Waals surface area contributed by atoms with Gasteiger partial charge in [0.2, 0.25) is 5.91 Å². The second kappa shape index (κ2) is 7.27. The van der Waals surface area contributed by atoms with Crippen LogP contribution in [0.2, 0.25) is 0 Å². The Morgan fingerprint density at radius 2 is 2.14 bits per heavy atom. The van der Waals surface area contributed by atoms with Crippen molar-refractivity contribution in [1.82, 2.24) is 10.6 Å². The number of nitrogens with zero attached hydrogens (tertiary/aromatic N) is 1. The summed E-state index contributed by atoms with van der Waals surface area (Å²) in [5.41, 5.74) is 2.32. The van der Waals surface area contributed by atoms with Crippen LogP contribution in [0.15, 0.2) is 22.7 Å². The Bertz CT molecular complexity index is 500. The number of hydrogen-bond donors (Lipinski definition) is 2. The summed E-state index contributed by atoms with van der Waals surface area (Å²) >= 11 is 3.52. The Morgan fingerprint density at radius 3 is 2.76 bits per heavy atom. The van der Waals surface area contributed by atoms with E-state index >= 15 is 0 Å². The topological polar surface area (TPSA) is 44.4 Å². The number of nitrogens with one attached hydrogen (secondary N) is 2. The van der Waals surface area contributed by atoms with Crippen LogP contribution >= 0.6 is 15.9 Å². The molecule has 0 heterocycles. The lowest BCUT2D eigenvalue weighted by Crippen LogP contribution is -2.39. The van der Waals surface area contributed by atoms with Gasteiger partial charge in [-0.15, -0.1) is 0 Å². The first kappa shape index (κ1) is 16.3. The largest absolute Gasteiger partial charge is 0.365 e. The highest BCUT2D eigenvalue weighted by Crippen LogP contribution is 2.26. The van der Waals surface area contributed by atoms with Gasteiger partial charge in [-0.25, -0.2) is 0 Å². The van der Waals surface area contributed by atoms with Crippen molar-refractivity contribution in [1.29, 1.82) is 0 Å². The maximum Gasteiger partial charge on any atom is 0.239 e. The summed E-state index contributed by atoms with van der Waals surface area (Å²) in [5.74, 6) is 0.0496. The van der Waals surface area contributed by atoms with E-state index in [9.17, 15) is 4.79 Å². The number of carbonyl (C=O) groups excluding carboxylic acids is 1. The molecule has 1 fully saturated rings. The maximum atomic E-state index is 11.9. The van der Waals surface area contributed by atoms with Crippen LogP contribution in [-0.4, -0.2) is 31.6 Å². The van der Waals surface area contributed by atoms with Crippen molar-refractivity contribution in [2.75, 3.05) is 18.5 Å². The van der Waals surface area contributed by atoms with Crippen molar-refractivity contribution in [2.45, 2.75) is 45.3 Å². The summed E-state index contributed by atoms with van der Waals surface area (Å²) in [7, 11) is 1.96. The number of rotatable bonds is 7. The van der Waals surface area contributed by atoms with Crippen LogP contribution in [0.25, 0.3) is 0 Å². The van der Waals surface area contributed by atoms with Crippen LogP contribution in [0.5, 0.6) is 0 Å². The van der Waals surface area contributed by atoms with E-state index in [1.54, 1.807) is 0 Å². The minimum atomic E-state index is 0.0496. The van der Waals surface area contributed by atoms with E-state index in [1.165, 1.54) is 18.4 Å². The molecule has 1 saturated carbocycles. The molecule has 0 bridgehead atoms. The van der Waals surface area contributed by atoms with Gasteiger partial charge in [0.15, 0.2) is 0 Å². The van der Waals surface area contributed by atoms with Gasteiger partial charge in [-0.05, 0) is 44.4 Å². The van der Waals surface area contributed by atoms with E-state index in [4.69, 9.17) is 0 Å². The highest BCUT2D eigenvalue weighted by molar-refractivity contribution is 9.10. The van der Waals surface area contributed by atoms with Crippen LogP contribution in [-0.2, 0) is 11.3 Å². The third-order valence-electron chi connectivity index (χ3n) is 3.45. The van der Waals surface area contributed by atoms with E-state index < -0.39 is 0 Å². The number of likely N-dealkylation sites (N-methyl/N-ethyl adjacent to an activating group) is 1. The standard InChI is InChI=1S/C16H24BrN3O/c1-11(2)19-16(21)10-20(3)15-8-13(17)5-4-12(15)9-18-14-6-7-14/h4-5,8,11,14,18H,6-7,9-10H2,1-3H3,(H,19,21). The third kappa shape index (κ3) is 5.32. The van der Waals surface area contributed by atoms with E-state index in [0.29, 0.717) is 12.6 Å². The van der Waals surface area contributed by atoms with Crippen LogP contribution in [0.3, 0.4) is 0 Å². The summed E-state index contributed by atoms with van der Waals surface area (Å²) in [6.45, 7) is 5.17. The van der Waals surface area contributed by atoms with Gasteiger partial charge in [-0.2, -0.15) is 0 Å². The van der Waals surface area contributed by atoms with Gasteiger partial charge in [-0.3, -0.25) is 4.79 Å². The molecule has 116 valence electrons. The van der Waals surface area contributed by atoms with Crippen molar-refractivity contribution in [3.8, 4) is 0 Å². The molecule has 0 saturated heterocycles. The zero-order valence-corrected chi connectivity index (χ0v) is 14.5. The van der Waals surface area contributed by atoms with Crippen LogP contribution in [0.1, 0.15) is 32.3 Å². The normalized spacial score (nSPS) is 14.3.